The fourth-order valence-electron chi connectivity index (χ4n) is 2.70. The first-order valence-corrected chi connectivity index (χ1v) is 9.87. The molecule has 0 aliphatic heterocycles. The molecule has 130 valence electrons. The summed E-state index contributed by atoms with van der Waals surface area (Å²) >= 11 is 0. The van der Waals surface area contributed by atoms with Crippen molar-refractivity contribution < 1.29 is 8.42 Å². The lowest BCUT2D eigenvalue weighted by atomic mass is 10.2. The minimum atomic E-state index is -3.67. The molecule has 0 amide bonds. The highest BCUT2D eigenvalue weighted by atomic mass is 32.2. The highest BCUT2D eigenvalue weighted by molar-refractivity contribution is 7.91. The maximum atomic E-state index is 13.0. The Morgan fingerprint density at radius 1 is 0.960 bits per heavy atom. The summed E-state index contributed by atoms with van der Waals surface area (Å²) in [6.45, 7) is 2.59. The summed E-state index contributed by atoms with van der Waals surface area (Å²) < 4.78 is 27.6. The molecule has 0 fully saturated rings. The van der Waals surface area contributed by atoms with Crippen LogP contribution in [0.3, 0.4) is 0 Å². The Morgan fingerprint density at radius 2 is 1.60 bits per heavy atom. The van der Waals surface area contributed by atoms with E-state index in [2.05, 4.69) is 17.2 Å². The molecule has 0 unspecified atom stereocenters. The largest absolute Gasteiger partial charge is 0.244 e. The molecule has 0 saturated heterocycles. The third kappa shape index (κ3) is 3.79. The minimum absolute atomic E-state index is 0.0723. The van der Waals surface area contributed by atoms with Crippen molar-refractivity contribution in [2.75, 3.05) is 0 Å². The van der Waals surface area contributed by atoms with E-state index in [1.165, 1.54) is 0 Å². The number of benzene rings is 2. The van der Waals surface area contributed by atoms with Crippen LogP contribution in [0.5, 0.6) is 0 Å². The normalized spacial score (nSPS) is 11.6. The standard InChI is InChI=1S/C19H21N3O2S/c1-2-3-14-18-19(25(23,24)17-12-8-5-9-13-17)20-21-22(18)15-16-10-6-4-7-11-16/h4-13H,2-3,14-15H2,1H3. The van der Waals surface area contributed by atoms with Crippen LogP contribution in [0.4, 0.5) is 0 Å². The molecule has 1 aromatic heterocycles. The van der Waals surface area contributed by atoms with Crippen LogP contribution in [-0.2, 0) is 22.8 Å². The van der Waals surface area contributed by atoms with Crippen molar-refractivity contribution in [1.29, 1.82) is 0 Å². The fourth-order valence-corrected chi connectivity index (χ4v) is 4.10. The molecule has 3 aromatic rings. The van der Waals surface area contributed by atoms with Crippen molar-refractivity contribution in [2.45, 2.75) is 42.7 Å². The molecule has 5 nitrogen and oxygen atoms in total. The Labute approximate surface area is 148 Å². The zero-order valence-corrected chi connectivity index (χ0v) is 15.0. The van der Waals surface area contributed by atoms with Crippen molar-refractivity contribution in [3.63, 3.8) is 0 Å². The molecule has 25 heavy (non-hydrogen) atoms. The molecule has 0 bridgehead atoms. The van der Waals surface area contributed by atoms with Crippen molar-refractivity contribution in [3.05, 3.63) is 71.9 Å². The zero-order chi connectivity index (χ0) is 17.7. The van der Waals surface area contributed by atoms with Crippen LogP contribution < -0.4 is 0 Å². The average Bonchev–Trinajstić information content (AvgIpc) is 3.05. The van der Waals surface area contributed by atoms with Gasteiger partial charge in [-0.2, -0.15) is 0 Å². The summed E-state index contributed by atoms with van der Waals surface area (Å²) in [5, 5.41) is 8.25. The number of hydrogen-bond acceptors (Lipinski definition) is 4. The van der Waals surface area contributed by atoms with Crippen molar-refractivity contribution in [3.8, 4) is 0 Å². The summed E-state index contributed by atoms with van der Waals surface area (Å²) in [7, 11) is -3.67. The number of rotatable bonds is 7. The molecule has 2 aromatic carbocycles. The summed E-state index contributed by atoms with van der Waals surface area (Å²) in [5.41, 5.74) is 1.74. The molecular formula is C19H21N3O2S. The van der Waals surface area contributed by atoms with Crippen LogP contribution in [-0.4, -0.2) is 23.4 Å². The number of nitrogens with zero attached hydrogens (tertiary/aromatic N) is 3. The third-order valence-corrected chi connectivity index (χ3v) is 5.77. The predicted octanol–water partition coefficient (Wildman–Crippen LogP) is 3.50. The van der Waals surface area contributed by atoms with Gasteiger partial charge in [0.2, 0.25) is 14.9 Å². The molecule has 0 aliphatic carbocycles. The van der Waals surface area contributed by atoms with Crippen molar-refractivity contribution in [1.82, 2.24) is 15.0 Å². The second kappa shape index (κ2) is 7.61. The topological polar surface area (TPSA) is 64.8 Å². The number of hydrogen-bond donors (Lipinski definition) is 0. The molecule has 1 heterocycles. The minimum Gasteiger partial charge on any atom is -0.244 e. The second-order valence-corrected chi connectivity index (χ2v) is 7.77. The monoisotopic (exact) mass is 355 g/mol. The van der Waals surface area contributed by atoms with Crippen LogP contribution in [0, 0.1) is 0 Å². The molecule has 0 N–H and O–H groups in total. The number of sulfone groups is 1. The van der Waals surface area contributed by atoms with E-state index in [1.54, 1.807) is 35.0 Å². The Hall–Kier alpha value is -2.47. The van der Waals surface area contributed by atoms with E-state index >= 15 is 0 Å². The molecular weight excluding hydrogens is 334 g/mol. The van der Waals surface area contributed by atoms with Gasteiger partial charge in [-0.15, -0.1) is 5.10 Å². The van der Waals surface area contributed by atoms with Crippen LogP contribution in [0.15, 0.2) is 70.6 Å². The Morgan fingerprint density at radius 3 is 2.24 bits per heavy atom. The first kappa shape index (κ1) is 17.4. The second-order valence-electron chi connectivity index (χ2n) is 5.90. The Kier molecular flexibility index (Phi) is 5.28. The molecule has 0 atom stereocenters. The van der Waals surface area contributed by atoms with E-state index in [1.807, 2.05) is 30.3 Å². The quantitative estimate of drug-likeness (QED) is 0.651. The molecule has 6 heteroatoms. The van der Waals surface area contributed by atoms with Gasteiger partial charge >= 0.3 is 0 Å². The molecule has 0 saturated carbocycles. The smallest absolute Gasteiger partial charge is 0.227 e. The summed E-state index contributed by atoms with van der Waals surface area (Å²) in [5.74, 6) is 0. The molecule has 0 spiro atoms. The first-order chi connectivity index (χ1) is 12.1. The van der Waals surface area contributed by atoms with Gasteiger partial charge in [0.25, 0.3) is 0 Å². The lowest BCUT2D eigenvalue weighted by Gasteiger charge is -2.08. The fraction of sp³-hybridized carbons (Fsp3) is 0.263. The number of unbranched alkanes of at least 4 members (excludes halogenated alkanes) is 1. The van der Waals surface area contributed by atoms with E-state index in [0.717, 1.165) is 18.4 Å². The van der Waals surface area contributed by atoms with Gasteiger partial charge in [-0.3, -0.25) is 0 Å². The van der Waals surface area contributed by atoms with Gasteiger partial charge in [0.15, 0.2) is 0 Å². The van der Waals surface area contributed by atoms with Crippen molar-refractivity contribution in [2.24, 2.45) is 0 Å². The SMILES string of the molecule is CCCCc1c(S(=O)(=O)c2ccccc2)nnn1Cc1ccccc1. The van der Waals surface area contributed by atoms with Gasteiger partial charge in [-0.1, -0.05) is 67.1 Å². The van der Waals surface area contributed by atoms with E-state index < -0.39 is 9.84 Å². The van der Waals surface area contributed by atoms with Gasteiger partial charge in [0.05, 0.1) is 17.1 Å². The van der Waals surface area contributed by atoms with Crippen LogP contribution in [0.25, 0.3) is 0 Å². The van der Waals surface area contributed by atoms with E-state index in [4.69, 9.17) is 0 Å². The van der Waals surface area contributed by atoms with Gasteiger partial charge in [0.1, 0.15) is 0 Å². The summed E-state index contributed by atoms with van der Waals surface area (Å²) in [6.07, 6.45) is 2.50. The maximum Gasteiger partial charge on any atom is 0.227 e. The predicted molar refractivity (Wildman–Crippen MR) is 96.1 cm³/mol. The Balaban J connectivity index is 2.02. The molecule has 0 aliphatic rings. The van der Waals surface area contributed by atoms with Gasteiger partial charge in [0, 0.05) is 0 Å². The molecule has 3 rings (SSSR count). The lowest BCUT2D eigenvalue weighted by Crippen LogP contribution is -2.10. The molecule has 0 radical (unpaired) electrons. The van der Waals surface area contributed by atoms with Crippen molar-refractivity contribution >= 4 is 9.84 Å². The lowest BCUT2D eigenvalue weighted by molar-refractivity contribution is 0.588. The number of aromatic nitrogens is 3. The van der Waals surface area contributed by atoms with E-state index in [0.29, 0.717) is 18.7 Å². The van der Waals surface area contributed by atoms with Gasteiger partial charge < -0.3 is 0 Å². The first-order valence-electron chi connectivity index (χ1n) is 8.39. The van der Waals surface area contributed by atoms with Crippen LogP contribution in [0.1, 0.15) is 31.0 Å². The average molecular weight is 355 g/mol. The summed E-state index contributed by atoms with van der Waals surface area (Å²) in [4.78, 5) is 0.250. The maximum absolute atomic E-state index is 13.0. The van der Waals surface area contributed by atoms with Gasteiger partial charge in [-0.25, -0.2) is 13.1 Å². The van der Waals surface area contributed by atoms with E-state index in [-0.39, 0.29) is 9.92 Å². The highest BCUT2D eigenvalue weighted by Crippen LogP contribution is 2.23. The Bertz CT molecular complexity index is 920. The van der Waals surface area contributed by atoms with Gasteiger partial charge in [-0.05, 0) is 30.5 Å². The third-order valence-electron chi connectivity index (χ3n) is 4.05. The highest BCUT2D eigenvalue weighted by Gasteiger charge is 2.27. The van der Waals surface area contributed by atoms with Crippen LogP contribution in [0.2, 0.25) is 0 Å². The van der Waals surface area contributed by atoms with Crippen LogP contribution >= 0.6 is 0 Å². The van der Waals surface area contributed by atoms with E-state index in [9.17, 15) is 8.42 Å². The zero-order valence-electron chi connectivity index (χ0n) is 14.2. The summed E-state index contributed by atoms with van der Waals surface area (Å²) in [6, 6.07) is 18.3.